The van der Waals surface area contributed by atoms with Gasteiger partial charge in [0.25, 0.3) is 5.91 Å². The van der Waals surface area contributed by atoms with Crippen LogP contribution in [0.3, 0.4) is 0 Å². The molecule has 2 atom stereocenters. The van der Waals surface area contributed by atoms with E-state index in [0.717, 1.165) is 39.2 Å². The molecule has 2 heterocycles. The van der Waals surface area contributed by atoms with Crippen LogP contribution in [0.15, 0.2) is 60.7 Å². The summed E-state index contributed by atoms with van der Waals surface area (Å²) in [7, 11) is 0. The first-order chi connectivity index (χ1) is 15.0. The number of fused-ring (bicyclic) bond motifs is 1. The average Bonchev–Trinajstić information content (AvgIpc) is 3.25. The number of nitrogens with one attached hydrogen (secondary N) is 2. The number of hydrogen-bond acceptors (Lipinski definition) is 7. The van der Waals surface area contributed by atoms with Crippen LogP contribution in [0.2, 0.25) is 0 Å². The zero-order valence-electron chi connectivity index (χ0n) is 17.0. The van der Waals surface area contributed by atoms with Crippen molar-refractivity contribution in [1.29, 1.82) is 0 Å². The van der Waals surface area contributed by atoms with Crippen LogP contribution in [0.25, 0.3) is 16.6 Å². The monoisotopic (exact) mass is 420 g/mol. The molecular formula is C23H24N4O4. The van der Waals surface area contributed by atoms with Crippen molar-refractivity contribution in [2.75, 3.05) is 0 Å². The predicted octanol–water partition coefficient (Wildman–Crippen LogP) is 2.59. The van der Waals surface area contributed by atoms with Crippen molar-refractivity contribution in [1.82, 2.24) is 15.9 Å². The highest BCUT2D eigenvalue weighted by Crippen LogP contribution is 2.24. The minimum Gasteiger partial charge on any atom is -0.489 e. The van der Waals surface area contributed by atoms with Gasteiger partial charge < -0.3 is 10.5 Å². The van der Waals surface area contributed by atoms with Gasteiger partial charge in [-0.15, -0.1) is 0 Å². The molecule has 0 radical (unpaired) electrons. The number of aryl methyl sites for hydroxylation is 1. The van der Waals surface area contributed by atoms with Crippen LogP contribution in [0.1, 0.15) is 23.2 Å². The maximum Gasteiger partial charge on any atom is 0.260 e. The molecular weight excluding hydrogens is 396 g/mol. The lowest BCUT2D eigenvalue weighted by Gasteiger charge is -2.12. The quantitative estimate of drug-likeness (QED) is 0.343. The van der Waals surface area contributed by atoms with Gasteiger partial charge in [0, 0.05) is 23.1 Å². The van der Waals surface area contributed by atoms with Gasteiger partial charge in [-0.2, -0.15) is 0 Å². The molecule has 1 aliphatic heterocycles. The lowest BCUT2D eigenvalue weighted by atomic mass is 10.1. The van der Waals surface area contributed by atoms with Crippen molar-refractivity contribution in [2.24, 2.45) is 5.73 Å². The first kappa shape index (κ1) is 20.8. The number of para-hydroxylation sites is 1. The predicted molar refractivity (Wildman–Crippen MR) is 116 cm³/mol. The number of nitrogens with zero attached hydrogens (tertiary/aromatic N) is 1. The van der Waals surface area contributed by atoms with Crippen LogP contribution in [0, 0.1) is 6.92 Å². The maximum absolute atomic E-state index is 11.3. The molecule has 1 amide bonds. The summed E-state index contributed by atoms with van der Waals surface area (Å²) in [5, 5.41) is 9.74. The van der Waals surface area contributed by atoms with Gasteiger partial charge >= 0.3 is 0 Å². The average molecular weight is 420 g/mol. The van der Waals surface area contributed by atoms with Gasteiger partial charge in [-0.05, 0) is 55.0 Å². The molecule has 0 saturated carbocycles. The fourth-order valence-corrected chi connectivity index (χ4v) is 3.51. The molecule has 0 spiro atoms. The number of pyridine rings is 1. The fraction of sp³-hybridized carbons (Fsp3) is 0.217. The lowest BCUT2D eigenvalue weighted by Crippen LogP contribution is -2.41. The number of nitrogens with two attached hydrogens (primary N) is 1. The minimum atomic E-state index is -0.865. The fourth-order valence-electron chi connectivity index (χ4n) is 3.51. The Morgan fingerprint density at radius 2 is 2.06 bits per heavy atom. The highest BCUT2D eigenvalue weighted by molar-refractivity contribution is 5.82. The lowest BCUT2D eigenvalue weighted by molar-refractivity contribution is -0.131. The Kier molecular flexibility index (Phi) is 6.13. The second-order valence-electron chi connectivity index (χ2n) is 7.41. The topological polar surface area (TPSA) is 119 Å². The summed E-state index contributed by atoms with van der Waals surface area (Å²) < 4.78 is 6.00. The van der Waals surface area contributed by atoms with Gasteiger partial charge in [-0.1, -0.05) is 18.2 Å². The van der Waals surface area contributed by atoms with Gasteiger partial charge in [-0.3, -0.25) is 25.3 Å². The number of ether oxygens (including phenoxy) is 1. The summed E-state index contributed by atoms with van der Waals surface area (Å²) in [6.07, 6.45) is 1.72. The number of rotatable bonds is 7. The Morgan fingerprint density at radius 3 is 2.84 bits per heavy atom. The van der Waals surface area contributed by atoms with Gasteiger partial charge in [0.15, 0.2) is 0 Å². The van der Waals surface area contributed by atoms with Crippen molar-refractivity contribution in [3.8, 4) is 5.75 Å². The maximum atomic E-state index is 11.3. The van der Waals surface area contributed by atoms with Gasteiger partial charge in [-0.25, -0.2) is 5.48 Å². The molecule has 2 unspecified atom stereocenters. The van der Waals surface area contributed by atoms with Crippen molar-refractivity contribution < 1.29 is 19.6 Å². The van der Waals surface area contributed by atoms with Crippen LogP contribution < -0.4 is 21.4 Å². The molecule has 3 aromatic rings. The minimum absolute atomic E-state index is 0.239. The molecule has 8 nitrogen and oxygen atoms in total. The summed E-state index contributed by atoms with van der Waals surface area (Å²) in [5.74, 6) is 0.101. The van der Waals surface area contributed by atoms with Crippen molar-refractivity contribution in [3.63, 3.8) is 0 Å². The molecule has 0 bridgehead atoms. The Hall–Kier alpha value is -3.46. The number of carbonyl (C=O) groups is 1. The van der Waals surface area contributed by atoms with E-state index in [0.29, 0.717) is 6.61 Å². The van der Waals surface area contributed by atoms with Crippen LogP contribution >= 0.6 is 0 Å². The Bertz CT molecular complexity index is 1110. The van der Waals surface area contributed by atoms with Crippen LogP contribution in [0.4, 0.5) is 0 Å². The van der Waals surface area contributed by atoms with Crippen molar-refractivity contribution in [3.05, 3.63) is 77.5 Å². The van der Waals surface area contributed by atoms with E-state index in [1.807, 2.05) is 67.6 Å². The molecule has 8 heteroatoms. The van der Waals surface area contributed by atoms with Crippen LogP contribution in [-0.4, -0.2) is 28.2 Å². The summed E-state index contributed by atoms with van der Waals surface area (Å²) in [5.41, 5.74) is 14.8. The van der Waals surface area contributed by atoms with E-state index in [2.05, 4.69) is 10.5 Å². The van der Waals surface area contributed by atoms with E-state index in [9.17, 15) is 4.79 Å². The molecule has 4 rings (SSSR count). The SMILES string of the molecule is Cc1cc(COc2ccc(C3=CC(CC(N)C(=O)NO)ON3)cc2)c2ccccc2n1. The van der Waals surface area contributed by atoms with Gasteiger partial charge in [0.2, 0.25) is 0 Å². The number of aromatic nitrogens is 1. The highest BCUT2D eigenvalue weighted by atomic mass is 16.7. The molecule has 2 aromatic carbocycles. The Morgan fingerprint density at radius 1 is 1.29 bits per heavy atom. The Labute approximate surface area is 179 Å². The molecule has 1 aliphatic rings. The Balaban J connectivity index is 1.40. The first-order valence-corrected chi connectivity index (χ1v) is 9.95. The molecule has 160 valence electrons. The third-order valence-electron chi connectivity index (χ3n) is 5.10. The number of hydrogen-bond donors (Lipinski definition) is 4. The number of carbonyl (C=O) groups excluding carboxylic acids is 1. The zero-order valence-corrected chi connectivity index (χ0v) is 17.0. The van der Waals surface area contributed by atoms with Gasteiger partial charge in [0.1, 0.15) is 18.5 Å². The number of benzene rings is 2. The summed E-state index contributed by atoms with van der Waals surface area (Å²) in [6, 6.07) is 16.9. The molecule has 31 heavy (non-hydrogen) atoms. The first-order valence-electron chi connectivity index (χ1n) is 9.95. The second kappa shape index (κ2) is 9.13. The third-order valence-corrected chi connectivity index (χ3v) is 5.10. The normalized spacial score (nSPS) is 16.5. The largest absolute Gasteiger partial charge is 0.489 e. The van der Waals surface area contributed by atoms with E-state index in [1.165, 1.54) is 0 Å². The van der Waals surface area contributed by atoms with Crippen LogP contribution in [0.5, 0.6) is 5.75 Å². The highest BCUT2D eigenvalue weighted by Gasteiger charge is 2.23. The van der Waals surface area contributed by atoms with Crippen molar-refractivity contribution in [2.45, 2.75) is 32.1 Å². The molecule has 5 N–H and O–H groups in total. The van der Waals surface area contributed by atoms with E-state index in [1.54, 1.807) is 5.48 Å². The number of amides is 1. The van der Waals surface area contributed by atoms with Crippen LogP contribution in [-0.2, 0) is 16.2 Å². The van der Waals surface area contributed by atoms with E-state index >= 15 is 0 Å². The van der Waals surface area contributed by atoms with E-state index in [4.69, 9.17) is 20.5 Å². The molecule has 0 saturated heterocycles. The zero-order chi connectivity index (χ0) is 21.8. The number of hydroxylamine groups is 2. The van der Waals surface area contributed by atoms with Crippen molar-refractivity contribution >= 4 is 22.5 Å². The molecule has 0 fully saturated rings. The molecule has 1 aromatic heterocycles. The summed E-state index contributed by atoms with van der Waals surface area (Å²) >= 11 is 0. The second-order valence-corrected chi connectivity index (χ2v) is 7.41. The summed E-state index contributed by atoms with van der Waals surface area (Å²) in [6.45, 7) is 2.42. The standard InChI is InChI=1S/C23H24N4O4/c1-14-10-16(19-4-2-3-5-21(19)25-14)13-30-17-8-6-15(7-9-17)22-12-18(31-27-22)11-20(24)23(28)26-29/h2-10,12,18,20,27,29H,11,13,24H2,1H3,(H,26,28). The summed E-state index contributed by atoms with van der Waals surface area (Å²) in [4.78, 5) is 21.4. The van der Waals surface area contributed by atoms with Gasteiger partial charge in [0.05, 0.1) is 17.3 Å². The van der Waals surface area contributed by atoms with E-state index < -0.39 is 11.9 Å². The van der Waals surface area contributed by atoms with E-state index in [-0.39, 0.29) is 12.5 Å². The molecule has 0 aliphatic carbocycles. The smallest absolute Gasteiger partial charge is 0.260 e. The third kappa shape index (κ3) is 4.83.